The van der Waals surface area contributed by atoms with Crippen LogP contribution in [0.4, 0.5) is 0 Å². The zero-order chi connectivity index (χ0) is 93.6. The molecule has 1 saturated heterocycles. The summed E-state index contributed by atoms with van der Waals surface area (Å²) in [5.41, 5.74) is 15.7. The SMILES string of the molecule is NC(=O)[C@H](CCCCNC(=O)C(CS)NC(=O)/C=N/NC(N)=S)NC(=O)[C@H](CCCCNC(=O)CNC(=O)CCC(=O)NCCc1c[nH]cn1)NC(=O)[C@@H](Cc1ccc(O)cc1)NC(=O)[C@H](CCCCNC(=O)CNC(=O)CCC(=O)NCCc1c[nH]cn1)NC(=O)[C@H](Cc1ccccc1)NC(=O)CN1CCN(CC(=O)O)CCN(CC(=O)O)CCN(CC(=O)O)CC1. The number of imidazole rings is 2. The second-order valence-corrected chi connectivity index (χ2v) is 30.7. The van der Waals surface area contributed by atoms with E-state index < -0.39 is 176 Å². The fraction of sp³-hybridized carbons (Fsp3) is 0.537. The fourth-order valence-corrected chi connectivity index (χ4v) is 13.2. The number of carbonyl (C=O) groups is 17. The van der Waals surface area contributed by atoms with Crippen molar-refractivity contribution < 1.29 is 102 Å². The van der Waals surface area contributed by atoms with Gasteiger partial charge in [-0.2, -0.15) is 17.7 Å². The van der Waals surface area contributed by atoms with E-state index in [-0.39, 0.29) is 198 Å². The highest BCUT2D eigenvalue weighted by Crippen LogP contribution is 2.16. The topological polar surface area (TPSA) is 674 Å². The zero-order valence-electron chi connectivity index (χ0n) is 71.1. The Kier molecular flexibility index (Phi) is 49.5. The molecule has 702 valence electrons. The van der Waals surface area contributed by atoms with Crippen molar-refractivity contribution in [3.63, 3.8) is 0 Å². The number of hydrazone groups is 1. The summed E-state index contributed by atoms with van der Waals surface area (Å²) in [6.45, 7) is -1.65. The molecule has 1 aliphatic heterocycles. The number of carboxylic acids is 3. The standard InChI is InChI=1S/C80H119N25O21S2/c81-74(121)57(12-4-9-27-89-75(122)62(49-127)96-69(113)44-94-101-80(82)128)97-76(123)58(13-5-7-25-85-67(111)42-90-65(109)21-19-63(107)87-28-23-54-40-83-50-92-54)99-79(126)61(39-53-15-17-56(106)18-16-53)100-77(124)59(14-6-8-26-86-68(112)43-91-66(110)22-20-64(108)88-29-24-55-41-84-51-93-55)98-78(125)60(38-52-10-2-1-3-11-52)95-70(114)45-102-30-32-103(46-71(115)116)34-36-105(48-73(119)120)37-35-104(33-31-102)47-72(117)118/h1-3,10-11,15-18,40-41,44,50-51,57-62,106,127H,4-9,12-14,19-39,42-43,45-49H2,(H2,81,121)(H,83,92)(H,84,93)(H,85,111)(H,86,112)(H,87,107)(H,88,108)(H,89,122)(H,90,109)(H,91,110)(H,95,114)(H,96,113)(H,97,123)(H,98,125)(H,99,126)(H,100,124)(H,115,116)(H,117,118)(H,119,120)(H3,82,101,128)/b94-44+/t57-,58-,59-,60-,61+,62?/m0/s1. The predicted molar refractivity (Wildman–Crippen MR) is 469 cm³/mol. The molecule has 128 heavy (non-hydrogen) atoms. The minimum atomic E-state index is -1.66. The number of phenolic OH excluding ortho intramolecular Hbond substituents is 1. The molecule has 4 aromatic rings. The minimum absolute atomic E-state index is 0.00757. The molecule has 3 heterocycles. The quantitative estimate of drug-likeness (QED) is 0.00643. The number of rotatable bonds is 58. The number of amides is 14. The third-order valence-electron chi connectivity index (χ3n) is 19.7. The van der Waals surface area contributed by atoms with E-state index in [0.717, 1.165) is 17.6 Å². The number of primary amides is 1. The van der Waals surface area contributed by atoms with Crippen LogP contribution in [-0.2, 0) is 107 Å². The van der Waals surface area contributed by atoms with Crippen LogP contribution in [0.3, 0.4) is 0 Å². The molecule has 14 amide bonds. The number of nitrogens with one attached hydrogen (secondary N) is 16. The highest BCUT2D eigenvalue weighted by atomic mass is 32.1. The van der Waals surface area contributed by atoms with E-state index in [4.69, 9.17) is 11.5 Å². The van der Waals surface area contributed by atoms with E-state index >= 15 is 14.4 Å². The van der Waals surface area contributed by atoms with Gasteiger partial charge in [0.25, 0.3) is 5.91 Å². The number of benzene rings is 2. The number of thiocarbonyl (C=S) groups is 1. The van der Waals surface area contributed by atoms with Crippen LogP contribution in [0.15, 0.2) is 84.7 Å². The van der Waals surface area contributed by atoms with Gasteiger partial charge in [0.15, 0.2) is 5.11 Å². The van der Waals surface area contributed by atoms with Crippen LogP contribution in [0.25, 0.3) is 0 Å². The number of hydrogen-bond donors (Lipinski definition) is 23. The van der Waals surface area contributed by atoms with E-state index in [1.165, 1.54) is 36.9 Å². The van der Waals surface area contributed by atoms with E-state index in [1.807, 2.05) is 0 Å². The van der Waals surface area contributed by atoms with Crippen molar-refractivity contribution in [1.29, 1.82) is 0 Å². The van der Waals surface area contributed by atoms with Crippen molar-refractivity contribution in [3.8, 4) is 5.75 Å². The third kappa shape index (κ3) is 46.4. The Morgan fingerprint density at radius 2 is 0.805 bits per heavy atom. The van der Waals surface area contributed by atoms with E-state index in [0.29, 0.717) is 24.0 Å². The summed E-state index contributed by atoms with van der Waals surface area (Å²) in [5, 5.41) is 77.5. The molecule has 1 aliphatic rings. The Morgan fingerprint density at radius 1 is 0.430 bits per heavy atom. The smallest absolute Gasteiger partial charge is 0.317 e. The van der Waals surface area contributed by atoms with Gasteiger partial charge in [-0.25, -0.2) is 9.97 Å². The molecule has 0 spiro atoms. The molecular formula is C80H119N25O21S2. The van der Waals surface area contributed by atoms with Crippen LogP contribution in [0, 0.1) is 0 Å². The first-order valence-electron chi connectivity index (χ1n) is 41.8. The van der Waals surface area contributed by atoms with Crippen molar-refractivity contribution in [2.75, 3.05) is 130 Å². The van der Waals surface area contributed by atoms with Crippen LogP contribution in [0.5, 0.6) is 5.75 Å². The monoisotopic (exact) mass is 1830 g/mol. The van der Waals surface area contributed by atoms with Gasteiger partial charge in [0.05, 0.1) is 63.3 Å². The number of carbonyl (C=O) groups excluding carboxylic acids is 14. The number of aromatic hydroxyl groups is 1. The van der Waals surface area contributed by atoms with Gasteiger partial charge in [0.1, 0.15) is 48.2 Å². The number of nitrogens with two attached hydrogens (primary N) is 2. The molecular weight excluding hydrogens is 1710 g/mol. The predicted octanol–water partition coefficient (Wildman–Crippen LogP) is -6.39. The number of thiol groups is 1. The molecule has 2 aromatic heterocycles. The van der Waals surface area contributed by atoms with Crippen molar-refractivity contribution in [1.82, 2.24) is 114 Å². The summed E-state index contributed by atoms with van der Waals surface area (Å²) < 4.78 is 0. The molecule has 2 aromatic carbocycles. The number of hydrogen-bond acceptors (Lipinski definition) is 27. The van der Waals surface area contributed by atoms with Gasteiger partial charge in [0, 0.05) is 155 Å². The number of aromatic nitrogens is 4. The molecule has 1 unspecified atom stereocenters. The number of aromatic amines is 2. The first-order valence-corrected chi connectivity index (χ1v) is 42.8. The first kappa shape index (κ1) is 106. The van der Waals surface area contributed by atoms with Crippen LogP contribution in [-0.4, -0.2) is 338 Å². The molecule has 48 heteroatoms. The van der Waals surface area contributed by atoms with Gasteiger partial charge in [-0.05, 0) is 93.3 Å². The summed E-state index contributed by atoms with van der Waals surface area (Å²) in [7, 11) is 0. The number of H-pyrrole nitrogens is 2. The zero-order valence-corrected chi connectivity index (χ0v) is 72.8. The maximum atomic E-state index is 15.4. The molecule has 0 aliphatic carbocycles. The van der Waals surface area contributed by atoms with Crippen LogP contribution in [0.1, 0.15) is 106 Å². The second kappa shape index (κ2) is 60.0. The lowest BCUT2D eigenvalue weighted by molar-refractivity contribution is -0.140. The minimum Gasteiger partial charge on any atom is -0.508 e. The summed E-state index contributed by atoms with van der Waals surface area (Å²) in [6.07, 6.45) is 6.98. The molecule has 0 radical (unpaired) electrons. The van der Waals surface area contributed by atoms with Crippen molar-refractivity contribution in [2.24, 2.45) is 16.6 Å². The Hall–Kier alpha value is -12.8. The van der Waals surface area contributed by atoms with Crippen molar-refractivity contribution in [3.05, 3.63) is 102 Å². The van der Waals surface area contributed by atoms with E-state index in [9.17, 15) is 87.5 Å². The Bertz CT molecular complexity index is 4260. The second-order valence-electron chi connectivity index (χ2n) is 29.9. The lowest BCUT2D eigenvalue weighted by Crippen LogP contribution is -2.60. The van der Waals surface area contributed by atoms with Crippen LogP contribution in [0.2, 0.25) is 0 Å². The molecule has 6 atom stereocenters. The highest BCUT2D eigenvalue weighted by Gasteiger charge is 2.34. The largest absolute Gasteiger partial charge is 0.508 e. The normalized spacial score (nSPS) is 14.3. The fourth-order valence-electron chi connectivity index (χ4n) is 12.9. The van der Waals surface area contributed by atoms with Gasteiger partial charge in [-0.1, -0.05) is 42.5 Å². The summed E-state index contributed by atoms with van der Waals surface area (Å²) in [4.78, 5) is 246. The highest BCUT2D eigenvalue weighted by molar-refractivity contribution is 7.80. The van der Waals surface area contributed by atoms with Crippen LogP contribution < -0.4 is 86.0 Å². The Labute approximate surface area is 749 Å². The van der Waals surface area contributed by atoms with Gasteiger partial charge in [-0.3, -0.25) is 107 Å². The van der Waals surface area contributed by atoms with Gasteiger partial charge in [0.2, 0.25) is 76.8 Å². The van der Waals surface area contributed by atoms with Crippen LogP contribution >= 0.6 is 24.8 Å². The van der Waals surface area contributed by atoms with E-state index in [1.54, 1.807) is 62.3 Å². The molecule has 24 N–H and O–H groups in total. The summed E-state index contributed by atoms with van der Waals surface area (Å²) in [6, 6.07) is 5.15. The summed E-state index contributed by atoms with van der Waals surface area (Å²) >= 11 is 8.81. The number of phenols is 1. The van der Waals surface area contributed by atoms with Gasteiger partial charge >= 0.3 is 17.9 Å². The van der Waals surface area contributed by atoms with Crippen molar-refractivity contribution >= 4 is 137 Å². The molecule has 46 nitrogen and oxygen atoms in total. The average Bonchev–Trinajstić information content (AvgIpc) is 1.26. The molecule has 0 bridgehead atoms. The van der Waals surface area contributed by atoms with E-state index in [2.05, 4.69) is 124 Å². The number of aliphatic carboxylic acids is 3. The molecule has 5 rings (SSSR count). The Balaban J connectivity index is 1.42. The third-order valence-corrected chi connectivity index (χ3v) is 20.1. The number of nitrogens with zero attached hydrogens (tertiary/aromatic N) is 7. The maximum absolute atomic E-state index is 15.4. The molecule has 0 saturated carbocycles. The maximum Gasteiger partial charge on any atom is 0.317 e. The number of unbranched alkanes of at least 4 members (excludes halogenated alkanes) is 3. The lowest BCUT2D eigenvalue weighted by atomic mass is 10.0. The summed E-state index contributed by atoms with van der Waals surface area (Å²) in [5.74, 6) is -14.0. The number of carboxylic acid groups (broad SMARTS) is 3. The Morgan fingerprint density at radius 3 is 1.21 bits per heavy atom. The first-order chi connectivity index (χ1) is 61.3. The lowest BCUT2D eigenvalue weighted by Gasteiger charge is -2.33. The molecule has 1 fully saturated rings. The average molecular weight is 1830 g/mol. The van der Waals surface area contributed by atoms with Gasteiger partial charge < -0.3 is 111 Å². The van der Waals surface area contributed by atoms with Gasteiger partial charge in [-0.15, -0.1) is 0 Å². The van der Waals surface area contributed by atoms with Crippen molar-refractivity contribution in [2.45, 2.75) is 145 Å².